The summed E-state index contributed by atoms with van der Waals surface area (Å²) >= 11 is 0. The Bertz CT molecular complexity index is 712. The van der Waals surface area contributed by atoms with Crippen molar-refractivity contribution in [1.82, 2.24) is 0 Å². The second-order valence-corrected chi connectivity index (χ2v) is 4.89. The van der Waals surface area contributed by atoms with Gasteiger partial charge in [-0.1, -0.05) is 0 Å². The van der Waals surface area contributed by atoms with E-state index in [1.54, 1.807) is 13.0 Å². The Kier molecular flexibility index (Phi) is 3.14. The van der Waals surface area contributed by atoms with Crippen LogP contribution in [0.3, 0.4) is 0 Å². The Hall–Kier alpha value is -2.01. The molecule has 3 rings (SSSR count). The minimum absolute atomic E-state index is 0.110. The van der Waals surface area contributed by atoms with Crippen LogP contribution in [0.5, 0.6) is 11.5 Å². The van der Waals surface area contributed by atoms with Gasteiger partial charge in [-0.25, -0.2) is 0 Å². The maximum Gasteiger partial charge on any atom is 0.196 e. The van der Waals surface area contributed by atoms with Crippen LogP contribution in [-0.4, -0.2) is 26.4 Å². The Balaban J connectivity index is 2.16. The molecule has 106 valence electrons. The van der Waals surface area contributed by atoms with Gasteiger partial charge >= 0.3 is 0 Å². The van der Waals surface area contributed by atoms with Crippen LogP contribution in [0.15, 0.2) is 21.3 Å². The molecule has 1 aromatic heterocycles. The number of epoxide rings is 1. The van der Waals surface area contributed by atoms with Gasteiger partial charge in [-0.05, 0) is 13.8 Å². The Morgan fingerprint density at radius 1 is 1.35 bits per heavy atom. The van der Waals surface area contributed by atoms with Crippen LogP contribution in [0.1, 0.15) is 11.3 Å². The van der Waals surface area contributed by atoms with E-state index >= 15 is 0 Å². The van der Waals surface area contributed by atoms with Crippen molar-refractivity contribution in [2.24, 2.45) is 0 Å². The summed E-state index contributed by atoms with van der Waals surface area (Å²) in [5, 5.41) is 0.450. The highest BCUT2D eigenvalue weighted by molar-refractivity contribution is 5.87. The fourth-order valence-corrected chi connectivity index (χ4v) is 2.24. The quantitative estimate of drug-likeness (QED) is 0.801. The SMILES string of the molecule is COc1c(C)c(OCC2CO2)cc2oc(C)cc(=O)c12. The molecule has 0 spiro atoms. The van der Waals surface area contributed by atoms with Gasteiger partial charge in [0.2, 0.25) is 0 Å². The fourth-order valence-electron chi connectivity index (χ4n) is 2.24. The van der Waals surface area contributed by atoms with Crippen molar-refractivity contribution < 1.29 is 18.6 Å². The van der Waals surface area contributed by atoms with Crippen molar-refractivity contribution in [1.29, 1.82) is 0 Å². The molecule has 0 amide bonds. The number of rotatable bonds is 4. The van der Waals surface area contributed by atoms with E-state index in [1.165, 1.54) is 13.2 Å². The molecule has 1 unspecified atom stereocenters. The van der Waals surface area contributed by atoms with Crippen LogP contribution in [-0.2, 0) is 4.74 Å². The van der Waals surface area contributed by atoms with Crippen molar-refractivity contribution in [3.63, 3.8) is 0 Å². The molecule has 1 aliphatic heterocycles. The van der Waals surface area contributed by atoms with Gasteiger partial charge in [0.1, 0.15) is 40.9 Å². The number of benzene rings is 1. The number of aryl methyl sites for hydroxylation is 1. The summed E-state index contributed by atoms with van der Waals surface area (Å²) in [5.74, 6) is 1.71. The van der Waals surface area contributed by atoms with Crippen molar-refractivity contribution in [3.8, 4) is 11.5 Å². The predicted molar refractivity (Wildman–Crippen MR) is 73.7 cm³/mol. The molecular formula is C15H16O5. The fraction of sp³-hybridized carbons (Fsp3) is 0.400. The summed E-state index contributed by atoms with van der Waals surface area (Å²) in [5.41, 5.74) is 1.15. The van der Waals surface area contributed by atoms with Gasteiger partial charge in [-0.3, -0.25) is 4.79 Å². The third-order valence-electron chi connectivity index (χ3n) is 3.33. The van der Waals surface area contributed by atoms with E-state index in [0.29, 0.717) is 34.8 Å². The third-order valence-corrected chi connectivity index (χ3v) is 3.33. The standard InChI is InChI=1S/C15H16O5/c1-8-4-11(16)14-13(20-8)5-12(9(2)15(14)17-3)19-7-10-6-18-10/h4-5,10H,6-7H2,1-3H3. The normalized spacial score (nSPS) is 17.2. The summed E-state index contributed by atoms with van der Waals surface area (Å²) in [4.78, 5) is 12.1. The minimum atomic E-state index is -0.110. The summed E-state index contributed by atoms with van der Waals surface area (Å²) in [6.45, 7) is 4.83. The number of hydrogen-bond donors (Lipinski definition) is 0. The molecule has 5 heteroatoms. The maximum atomic E-state index is 12.1. The zero-order valence-corrected chi connectivity index (χ0v) is 11.7. The zero-order chi connectivity index (χ0) is 14.3. The average molecular weight is 276 g/mol. The molecule has 1 aromatic carbocycles. The second-order valence-electron chi connectivity index (χ2n) is 4.89. The summed E-state index contributed by atoms with van der Waals surface area (Å²) in [7, 11) is 1.54. The monoisotopic (exact) mass is 276 g/mol. The Morgan fingerprint density at radius 2 is 2.10 bits per heavy atom. The van der Waals surface area contributed by atoms with E-state index in [2.05, 4.69) is 0 Å². The largest absolute Gasteiger partial charge is 0.495 e. The predicted octanol–water partition coefficient (Wildman–Crippen LogP) is 2.20. The zero-order valence-electron chi connectivity index (χ0n) is 11.7. The van der Waals surface area contributed by atoms with Crippen LogP contribution >= 0.6 is 0 Å². The lowest BCUT2D eigenvalue weighted by atomic mass is 10.1. The van der Waals surface area contributed by atoms with E-state index in [1.807, 2.05) is 6.92 Å². The van der Waals surface area contributed by atoms with Crippen molar-refractivity contribution in [2.75, 3.05) is 20.3 Å². The summed E-state index contributed by atoms with van der Waals surface area (Å²) < 4.78 is 21.8. The summed E-state index contributed by atoms with van der Waals surface area (Å²) in [6.07, 6.45) is 0.167. The smallest absolute Gasteiger partial charge is 0.196 e. The van der Waals surface area contributed by atoms with E-state index in [0.717, 1.165) is 12.2 Å². The van der Waals surface area contributed by atoms with Crippen LogP contribution in [0.2, 0.25) is 0 Å². The molecule has 1 saturated heterocycles. The van der Waals surface area contributed by atoms with E-state index in [4.69, 9.17) is 18.6 Å². The lowest BCUT2D eigenvalue weighted by Crippen LogP contribution is -2.08. The molecule has 0 radical (unpaired) electrons. The third kappa shape index (κ3) is 2.25. The lowest BCUT2D eigenvalue weighted by molar-refractivity contribution is 0.260. The molecule has 20 heavy (non-hydrogen) atoms. The molecule has 5 nitrogen and oxygen atoms in total. The van der Waals surface area contributed by atoms with Crippen LogP contribution < -0.4 is 14.9 Å². The molecule has 2 aromatic rings. The number of methoxy groups -OCH3 is 1. The van der Waals surface area contributed by atoms with E-state index in [9.17, 15) is 4.79 Å². The lowest BCUT2D eigenvalue weighted by Gasteiger charge is -2.13. The average Bonchev–Trinajstić information content (AvgIpc) is 3.21. The van der Waals surface area contributed by atoms with Gasteiger partial charge in [0.05, 0.1) is 13.7 Å². The van der Waals surface area contributed by atoms with Crippen molar-refractivity contribution >= 4 is 11.0 Å². The highest BCUT2D eigenvalue weighted by Crippen LogP contribution is 2.35. The van der Waals surface area contributed by atoms with Crippen LogP contribution in [0.25, 0.3) is 11.0 Å². The topological polar surface area (TPSA) is 61.2 Å². The Morgan fingerprint density at radius 3 is 2.75 bits per heavy atom. The minimum Gasteiger partial charge on any atom is -0.495 e. The van der Waals surface area contributed by atoms with Gasteiger partial charge < -0.3 is 18.6 Å². The van der Waals surface area contributed by atoms with E-state index < -0.39 is 0 Å². The first-order chi connectivity index (χ1) is 9.60. The maximum absolute atomic E-state index is 12.1. The van der Waals surface area contributed by atoms with Gasteiger partial charge in [-0.2, -0.15) is 0 Å². The molecular weight excluding hydrogens is 260 g/mol. The second kappa shape index (κ2) is 4.83. The summed E-state index contributed by atoms with van der Waals surface area (Å²) in [6, 6.07) is 3.20. The first-order valence-corrected chi connectivity index (χ1v) is 6.46. The Labute approximate surface area is 116 Å². The molecule has 1 aliphatic rings. The van der Waals surface area contributed by atoms with Gasteiger partial charge in [0.25, 0.3) is 0 Å². The van der Waals surface area contributed by atoms with Crippen LogP contribution in [0, 0.1) is 13.8 Å². The molecule has 0 aliphatic carbocycles. The van der Waals surface area contributed by atoms with Gasteiger partial charge in [-0.15, -0.1) is 0 Å². The van der Waals surface area contributed by atoms with Crippen LogP contribution in [0.4, 0.5) is 0 Å². The number of hydrogen-bond acceptors (Lipinski definition) is 5. The first kappa shape index (κ1) is 13.0. The number of ether oxygens (including phenoxy) is 3. The van der Waals surface area contributed by atoms with Gasteiger partial charge in [0, 0.05) is 17.7 Å². The molecule has 1 atom stereocenters. The molecule has 0 bridgehead atoms. The van der Waals surface area contributed by atoms with Gasteiger partial charge in [0.15, 0.2) is 5.43 Å². The van der Waals surface area contributed by atoms with Crippen molar-refractivity contribution in [2.45, 2.75) is 20.0 Å². The van der Waals surface area contributed by atoms with Crippen molar-refractivity contribution in [3.05, 3.63) is 33.7 Å². The van der Waals surface area contributed by atoms with E-state index in [-0.39, 0.29) is 11.5 Å². The first-order valence-electron chi connectivity index (χ1n) is 6.46. The highest BCUT2D eigenvalue weighted by Gasteiger charge is 2.24. The molecule has 0 N–H and O–H groups in total. The highest BCUT2D eigenvalue weighted by atomic mass is 16.6. The molecule has 0 saturated carbocycles. The molecule has 1 fully saturated rings. The number of fused-ring (bicyclic) bond motifs is 1. The molecule has 2 heterocycles.